The van der Waals surface area contributed by atoms with Crippen molar-refractivity contribution in [1.82, 2.24) is 9.80 Å². The van der Waals surface area contributed by atoms with Crippen molar-refractivity contribution in [2.75, 3.05) is 18.6 Å². The van der Waals surface area contributed by atoms with Crippen molar-refractivity contribution in [2.24, 2.45) is 0 Å². The third kappa shape index (κ3) is 5.53. The van der Waals surface area contributed by atoms with Crippen molar-refractivity contribution in [1.29, 1.82) is 0 Å². The van der Waals surface area contributed by atoms with E-state index in [0.717, 1.165) is 5.56 Å². The van der Waals surface area contributed by atoms with Crippen molar-refractivity contribution in [2.45, 2.75) is 37.8 Å². The minimum absolute atomic E-state index is 0.0214. The van der Waals surface area contributed by atoms with Crippen molar-refractivity contribution in [3.8, 4) is 5.75 Å². The highest BCUT2D eigenvalue weighted by atomic mass is 16.6. The van der Waals surface area contributed by atoms with Crippen molar-refractivity contribution in [3.05, 3.63) is 132 Å². The van der Waals surface area contributed by atoms with Gasteiger partial charge in [0.05, 0.1) is 13.7 Å². The standard InChI is InChI=1S/C36H33N3O7/c1-3-45-35(42)31-30(34(41)37(31)27-19-21-28(44-2)22-20-27)38-32(26-17-11-6-12-18-26)39(29(33(38)40)25-15-9-5-10-16-25)36(43)46-23-24-13-7-4-8-14-24/h4-22,29-32H,3,23H2,1-2H3. The zero-order chi connectivity index (χ0) is 32.2. The van der Waals surface area contributed by atoms with Gasteiger partial charge in [0.1, 0.15) is 30.6 Å². The molecule has 0 bridgehead atoms. The fourth-order valence-electron chi connectivity index (χ4n) is 6.07. The van der Waals surface area contributed by atoms with E-state index < -0.39 is 48.2 Å². The summed E-state index contributed by atoms with van der Waals surface area (Å²) in [5.74, 6) is -1.08. The van der Waals surface area contributed by atoms with Crippen LogP contribution in [0.15, 0.2) is 115 Å². The van der Waals surface area contributed by atoms with Crippen molar-refractivity contribution >= 4 is 29.6 Å². The van der Waals surface area contributed by atoms with Crippen LogP contribution in [0.3, 0.4) is 0 Å². The molecule has 4 aromatic rings. The molecule has 0 radical (unpaired) electrons. The first-order valence-electron chi connectivity index (χ1n) is 15.0. The van der Waals surface area contributed by atoms with E-state index in [2.05, 4.69) is 0 Å². The number of methoxy groups -OCH3 is 1. The lowest BCUT2D eigenvalue weighted by atomic mass is 9.90. The first kappa shape index (κ1) is 30.4. The SMILES string of the molecule is CCOC(=O)C1C(N2C(=O)C(c3ccccc3)N(C(=O)OCc3ccccc3)C2c2ccccc2)C(=O)N1c1ccc(OC)cc1. The van der Waals surface area contributed by atoms with Crippen LogP contribution in [0.25, 0.3) is 0 Å². The van der Waals surface area contributed by atoms with E-state index in [1.54, 1.807) is 79.7 Å². The van der Waals surface area contributed by atoms with Crippen LogP contribution in [0, 0.1) is 0 Å². The first-order valence-corrected chi connectivity index (χ1v) is 15.0. The van der Waals surface area contributed by atoms with Gasteiger partial charge in [-0.3, -0.25) is 19.4 Å². The smallest absolute Gasteiger partial charge is 0.413 e. The predicted molar refractivity (Wildman–Crippen MR) is 168 cm³/mol. The summed E-state index contributed by atoms with van der Waals surface area (Å²) in [6, 6.07) is 30.2. The summed E-state index contributed by atoms with van der Waals surface area (Å²) in [5, 5.41) is 0. The summed E-state index contributed by atoms with van der Waals surface area (Å²) in [5.41, 5.74) is 2.34. The summed E-state index contributed by atoms with van der Waals surface area (Å²) < 4.78 is 16.5. The molecule has 4 atom stereocenters. The van der Waals surface area contributed by atoms with Crippen LogP contribution >= 0.6 is 0 Å². The number of hydrogen-bond donors (Lipinski definition) is 0. The normalized spacial score (nSPS) is 20.7. The molecule has 234 valence electrons. The molecular weight excluding hydrogens is 586 g/mol. The van der Waals surface area contributed by atoms with Crippen LogP contribution in [0.2, 0.25) is 0 Å². The average Bonchev–Trinajstić information content (AvgIpc) is 3.39. The van der Waals surface area contributed by atoms with Gasteiger partial charge in [-0.2, -0.15) is 0 Å². The zero-order valence-electron chi connectivity index (χ0n) is 25.4. The minimum atomic E-state index is -1.25. The molecule has 2 fully saturated rings. The van der Waals surface area contributed by atoms with Crippen LogP contribution in [-0.4, -0.2) is 59.5 Å². The zero-order valence-corrected chi connectivity index (χ0v) is 25.4. The Morgan fingerprint density at radius 3 is 1.89 bits per heavy atom. The number of benzene rings is 4. The van der Waals surface area contributed by atoms with Crippen LogP contribution in [0.5, 0.6) is 5.75 Å². The van der Waals surface area contributed by atoms with Crippen LogP contribution in [-0.2, 0) is 30.5 Å². The Hall–Kier alpha value is -5.64. The van der Waals surface area contributed by atoms with Gasteiger partial charge >= 0.3 is 12.1 Å². The maximum atomic E-state index is 14.6. The molecule has 0 saturated carbocycles. The monoisotopic (exact) mass is 619 g/mol. The van der Waals surface area contributed by atoms with Crippen molar-refractivity contribution in [3.63, 3.8) is 0 Å². The number of rotatable bonds is 9. The molecule has 10 heteroatoms. The Morgan fingerprint density at radius 2 is 1.30 bits per heavy atom. The molecule has 0 N–H and O–H groups in total. The molecule has 46 heavy (non-hydrogen) atoms. The molecular formula is C36H33N3O7. The molecule has 4 aromatic carbocycles. The van der Waals surface area contributed by atoms with Gasteiger partial charge < -0.3 is 19.1 Å². The second-order valence-corrected chi connectivity index (χ2v) is 10.8. The maximum Gasteiger partial charge on any atom is 0.413 e. The summed E-state index contributed by atoms with van der Waals surface area (Å²) in [6.45, 7) is 1.73. The van der Waals surface area contributed by atoms with E-state index in [4.69, 9.17) is 14.2 Å². The lowest BCUT2D eigenvalue weighted by molar-refractivity contribution is -0.158. The number of carbonyl (C=O) groups is 4. The van der Waals surface area contributed by atoms with Gasteiger partial charge in [-0.25, -0.2) is 9.59 Å². The highest BCUT2D eigenvalue weighted by molar-refractivity contribution is 6.15. The molecule has 3 amide bonds. The van der Waals surface area contributed by atoms with E-state index in [9.17, 15) is 19.2 Å². The van der Waals surface area contributed by atoms with E-state index in [1.807, 2.05) is 42.5 Å². The number of esters is 1. The highest BCUT2D eigenvalue weighted by Crippen LogP contribution is 2.47. The number of anilines is 1. The second kappa shape index (κ2) is 13.2. The van der Waals surface area contributed by atoms with E-state index in [0.29, 0.717) is 22.6 Å². The molecule has 2 aliphatic rings. The quantitative estimate of drug-likeness (QED) is 0.186. The largest absolute Gasteiger partial charge is 0.497 e. The number of amides is 3. The molecule has 0 aliphatic carbocycles. The lowest BCUT2D eigenvalue weighted by Crippen LogP contribution is -2.74. The summed E-state index contributed by atoms with van der Waals surface area (Å²) >= 11 is 0. The Bertz CT molecular complexity index is 1700. The minimum Gasteiger partial charge on any atom is -0.497 e. The fourth-order valence-corrected chi connectivity index (χ4v) is 6.07. The predicted octanol–water partition coefficient (Wildman–Crippen LogP) is 5.26. The van der Waals surface area contributed by atoms with Crippen LogP contribution < -0.4 is 9.64 Å². The number of carbonyl (C=O) groups excluding carboxylic acids is 4. The Morgan fingerprint density at radius 1 is 0.717 bits per heavy atom. The lowest BCUT2D eigenvalue weighted by Gasteiger charge is -2.50. The van der Waals surface area contributed by atoms with E-state index in [-0.39, 0.29) is 13.2 Å². The molecule has 2 heterocycles. The number of ether oxygens (including phenoxy) is 3. The van der Waals surface area contributed by atoms with Crippen LogP contribution in [0.1, 0.15) is 35.8 Å². The fraction of sp³-hybridized carbons (Fsp3) is 0.222. The highest BCUT2D eigenvalue weighted by Gasteiger charge is 2.63. The number of nitrogens with zero attached hydrogens (tertiary/aromatic N) is 3. The maximum absolute atomic E-state index is 14.6. The topological polar surface area (TPSA) is 106 Å². The summed E-state index contributed by atoms with van der Waals surface area (Å²) in [6.07, 6.45) is -1.81. The van der Waals surface area contributed by atoms with Gasteiger partial charge in [0, 0.05) is 5.69 Å². The van der Waals surface area contributed by atoms with Gasteiger partial charge in [-0.1, -0.05) is 91.0 Å². The van der Waals surface area contributed by atoms with E-state index >= 15 is 0 Å². The molecule has 6 rings (SSSR count). The van der Waals surface area contributed by atoms with Crippen molar-refractivity contribution < 1.29 is 33.4 Å². The molecule has 0 spiro atoms. The van der Waals surface area contributed by atoms with E-state index in [1.165, 1.54) is 21.8 Å². The third-order valence-electron chi connectivity index (χ3n) is 8.17. The molecule has 0 aromatic heterocycles. The van der Waals surface area contributed by atoms with Crippen LogP contribution in [0.4, 0.5) is 10.5 Å². The second-order valence-electron chi connectivity index (χ2n) is 10.8. The summed E-state index contributed by atoms with van der Waals surface area (Å²) in [7, 11) is 1.53. The van der Waals surface area contributed by atoms with Gasteiger partial charge in [0.15, 0.2) is 6.04 Å². The third-order valence-corrected chi connectivity index (χ3v) is 8.17. The van der Waals surface area contributed by atoms with Gasteiger partial charge in [-0.15, -0.1) is 0 Å². The summed E-state index contributed by atoms with van der Waals surface area (Å²) in [4.78, 5) is 60.4. The Balaban J connectivity index is 1.44. The molecule has 2 saturated heterocycles. The molecule has 4 unspecified atom stereocenters. The van der Waals surface area contributed by atoms with Gasteiger partial charge in [0.2, 0.25) is 0 Å². The van der Waals surface area contributed by atoms with Gasteiger partial charge in [0.25, 0.3) is 11.8 Å². The average molecular weight is 620 g/mol. The Kier molecular flexibility index (Phi) is 8.69. The first-order chi connectivity index (χ1) is 22.4. The number of hydrogen-bond acceptors (Lipinski definition) is 7. The van der Waals surface area contributed by atoms with Gasteiger partial charge in [-0.05, 0) is 47.9 Å². The number of β-lactam (4-membered cyclic amide) rings is 1. The Labute approximate surface area is 266 Å². The molecule has 2 aliphatic heterocycles. The molecule has 10 nitrogen and oxygen atoms in total.